The SMILES string of the molecule is Cc1occc1C(=O)N1C[C@H](O)C[C@@H]1c1cccc(C(F)(F)F)c1. The zero-order valence-electron chi connectivity index (χ0n) is 12.9. The molecule has 24 heavy (non-hydrogen) atoms. The molecule has 2 atom stereocenters. The Bertz CT molecular complexity index is 754. The van der Waals surface area contributed by atoms with E-state index in [-0.39, 0.29) is 18.9 Å². The second-order valence-electron chi connectivity index (χ2n) is 5.88. The summed E-state index contributed by atoms with van der Waals surface area (Å²) in [4.78, 5) is 14.1. The van der Waals surface area contributed by atoms with Gasteiger partial charge in [-0.1, -0.05) is 12.1 Å². The van der Waals surface area contributed by atoms with Crippen LogP contribution >= 0.6 is 0 Å². The van der Waals surface area contributed by atoms with Crippen molar-refractivity contribution in [3.05, 3.63) is 59.0 Å². The highest BCUT2D eigenvalue weighted by Crippen LogP contribution is 2.37. The Hall–Kier alpha value is -2.28. The third-order valence-corrected chi connectivity index (χ3v) is 4.23. The molecule has 7 heteroatoms. The standard InChI is InChI=1S/C17H16F3NO3/c1-10-14(5-6-24-10)16(23)21-9-13(22)8-15(21)11-3-2-4-12(7-11)17(18,19)20/h2-7,13,15,22H,8-9H2,1H3/t13-,15-/m1/s1. The number of aliphatic hydroxyl groups is 1. The van der Waals surface area contributed by atoms with E-state index in [1.165, 1.54) is 23.3 Å². The molecule has 1 aliphatic heterocycles. The monoisotopic (exact) mass is 339 g/mol. The lowest BCUT2D eigenvalue weighted by Crippen LogP contribution is -2.32. The van der Waals surface area contributed by atoms with E-state index >= 15 is 0 Å². The summed E-state index contributed by atoms with van der Waals surface area (Å²) in [5.41, 5.74) is -0.0646. The molecule has 0 radical (unpaired) electrons. The number of hydrogen-bond acceptors (Lipinski definition) is 3. The number of nitrogens with zero attached hydrogens (tertiary/aromatic N) is 1. The number of carbonyl (C=O) groups is 1. The minimum Gasteiger partial charge on any atom is -0.469 e. The molecule has 0 spiro atoms. The van der Waals surface area contributed by atoms with Crippen LogP contribution in [0.5, 0.6) is 0 Å². The van der Waals surface area contributed by atoms with Gasteiger partial charge in [0, 0.05) is 6.54 Å². The van der Waals surface area contributed by atoms with Crippen LogP contribution in [0.3, 0.4) is 0 Å². The molecule has 1 aromatic carbocycles. The van der Waals surface area contributed by atoms with Gasteiger partial charge in [-0.25, -0.2) is 0 Å². The van der Waals surface area contributed by atoms with Gasteiger partial charge < -0.3 is 14.4 Å². The number of halogens is 3. The second-order valence-corrected chi connectivity index (χ2v) is 5.88. The summed E-state index contributed by atoms with van der Waals surface area (Å²) in [6.45, 7) is 1.71. The van der Waals surface area contributed by atoms with Crippen LogP contribution in [-0.2, 0) is 6.18 Å². The number of amides is 1. The zero-order valence-corrected chi connectivity index (χ0v) is 12.9. The lowest BCUT2D eigenvalue weighted by Gasteiger charge is -2.25. The number of carbonyl (C=O) groups excluding carboxylic acids is 1. The summed E-state index contributed by atoms with van der Waals surface area (Å²) in [6.07, 6.45) is -3.65. The molecule has 3 rings (SSSR count). The Labute approximate surface area is 136 Å². The quantitative estimate of drug-likeness (QED) is 0.910. The van der Waals surface area contributed by atoms with Crippen molar-refractivity contribution in [2.24, 2.45) is 0 Å². The first-order valence-corrected chi connectivity index (χ1v) is 7.47. The molecular weight excluding hydrogens is 323 g/mol. The first-order valence-electron chi connectivity index (χ1n) is 7.47. The van der Waals surface area contributed by atoms with Crippen LogP contribution in [0.4, 0.5) is 13.2 Å². The molecule has 1 saturated heterocycles. The Morgan fingerprint density at radius 2 is 2.08 bits per heavy atom. The third-order valence-electron chi connectivity index (χ3n) is 4.23. The highest BCUT2D eigenvalue weighted by atomic mass is 19.4. The Morgan fingerprint density at radius 3 is 2.71 bits per heavy atom. The summed E-state index contributed by atoms with van der Waals surface area (Å²) in [7, 11) is 0. The number of β-amino-alcohol motifs (C(OH)–C–C–N with tert-alkyl or cyclic N) is 1. The maximum atomic E-state index is 12.9. The number of furan rings is 1. The highest BCUT2D eigenvalue weighted by molar-refractivity contribution is 5.95. The number of rotatable bonds is 2. The summed E-state index contributed by atoms with van der Waals surface area (Å²) < 4.78 is 43.9. The van der Waals surface area contributed by atoms with Crippen LogP contribution in [0.2, 0.25) is 0 Å². The van der Waals surface area contributed by atoms with Crippen molar-refractivity contribution in [3.8, 4) is 0 Å². The molecule has 0 bridgehead atoms. The lowest BCUT2D eigenvalue weighted by atomic mass is 10.0. The van der Waals surface area contributed by atoms with Crippen molar-refractivity contribution in [1.29, 1.82) is 0 Å². The molecule has 1 fully saturated rings. The first-order chi connectivity index (χ1) is 11.3. The first kappa shape index (κ1) is 16.6. The van der Waals surface area contributed by atoms with E-state index in [0.717, 1.165) is 12.1 Å². The largest absolute Gasteiger partial charge is 0.469 e. The highest BCUT2D eigenvalue weighted by Gasteiger charge is 2.38. The minimum absolute atomic E-state index is 0.0738. The van der Waals surface area contributed by atoms with Crippen molar-refractivity contribution >= 4 is 5.91 Å². The predicted octanol–water partition coefficient (Wildman–Crippen LogP) is 3.55. The molecule has 2 heterocycles. The van der Waals surface area contributed by atoms with Gasteiger partial charge in [0.1, 0.15) is 5.76 Å². The number of likely N-dealkylation sites (tertiary alicyclic amines) is 1. The maximum absolute atomic E-state index is 12.9. The molecule has 1 N–H and O–H groups in total. The van der Waals surface area contributed by atoms with Crippen molar-refractivity contribution < 1.29 is 27.5 Å². The minimum atomic E-state index is -4.46. The number of benzene rings is 1. The average molecular weight is 339 g/mol. The fraction of sp³-hybridized carbons (Fsp3) is 0.353. The smallest absolute Gasteiger partial charge is 0.416 e. The molecule has 1 amide bonds. The predicted molar refractivity (Wildman–Crippen MR) is 79.3 cm³/mol. The van der Waals surface area contributed by atoms with Gasteiger partial charge >= 0.3 is 6.18 Å². The van der Waals surface area contributed by atoms with Gasteiger partial charge in [-0.05, 0) is 37.1 Å². The number of alkyl halides is 3. The van der Waals surface area contributed by atoms with E-state index < -0.39 is 23.9 Å². The summed E-state index contributed by atoms with van der Waals surface area (Å²) >= 11 is 0. The van der Waals surface area contributed by atoms with Crippen LogP contribution in [-0.4, -0.2) is 28.6 Å². The van der Waals surface area contributed by atoms with Gasteiger partial charge in [-0.2, -0.15) is 13.2 Å². The van der Waals surface area contributed by atoms with Gasteiger partial charge in [-0.3, -0.25) is 4.79 Å². The third kappa shape index (κ3) is 3.03. The van der Waals surface area contributed by atoms with Crippen LogP contribution in [0.1, 0.15) is 39.7 Å². The van der Waals surface area contributed by atoms with E-state index in [4.69, 9.17) is 4.42 Å². The molecule has 4 nitrogen and oxygen atoms in total. The van der Waals surface area contributed by atoms with Crippen LogP contribution < -0.4 is 0 Å². The summed E-state index contributed by atoms with van der Waals surface area (Å²) in [6, 6.07) is 5.79. The maximum Gasteiger partial charge on any atom is 0.416 e. The molecule has 1 aliphatic rings. The molecule has 1 aromatic heterocycles. The van der Waals surface area contributed by atoms with Crippen LogP contribution in [0.25, 0.3) is 0 Å². The normalized spacial score (nSPS) is 21.3. The summed E-state index contributed by atoms with van der Waals surface area (Å²) in [5, 5.41) is 9.94. The van der Waals surface area contributed by atoms with Crippen molar-refractivity contribution in [1.82, 2.24) is 4.90 Å². The topological polar surface area (TPSA) is 53.7 Å². The average Bonchev–Trinajstić information content (AvgIpc) is 3.12. The van der Waals surface area contributed by atoms with Gasteiger partial charge in [0.2, 0.25) is 0 Å². The van der Waals surface area contributed by atoms with Gasteiger partial charge in [-0.15, -0.1) is 0 Å². The van der Waals surface area contributed by atoms with E-state index in [1.54, 1.807) is 13.0 Å². The van der Waals surface area contributed by atoms with Crippen molar-refractivity contribution in [2.75, 3.05) is 6.54 Å². The molecule has 128 valence electrons. The van der Waals surface area contributed by atoms with Crippen LogP contribution in [0, 0.1) is 6.92 Å². The molecule has 0 unspecified atom stereocenters. The number of aliphatic hydroxyl groups excluding tert-OH is 1. The van der Waals surface area contributed by atoms with Gasteiger partial charge in [0.25, 0.3) is 5.91 Å². The number of hydrogen-bond donors (Lipinski definition) is 1. The van der Waals surface area contributed by atoms with E-state index in [2.05, 4.69) is 0 Å². The summed E-state index contributed by atoms with van der Waals surface area (Å²) in [5.74, 6) is 0.0735. The Kier molecular flexibility index (Phi) is 4.13. The van der Waals surface area contributed by atoms with Gasteiger partial charge in [0.05, 0.1) is 29.5 Å². The molecule has 0 saturated carbocycles. The van der Waals surface area contributed by atoms with E-state index in [9.17, 15) is 23.1 Å². The van der Waals surface area contributed by atoms with Gasteiger partial charge in [0.15, 0.2) is 0 Å². The zero-order chi connectivity index (χ0) is 17.5. The molecule has 2 aromatic rings. The number of aryl methyl sites for hydroxylation is 1. The Morgan fingerprint density at radius 1 is 1.33 bits per heavy atom. The van der Waals surface area contributed by atoms with E-state index in [0.29, 0.717) is 16.9 Å². The fourth-order valence-corrected chi connectivity index (χ4v) is 3.04. The fourth-order valence-electron chi connectivity index (χ4n) is 3.04. The Balaban J connectivity index is 1.94. The lowest BCUT2D eigenvalue weighted by molar-refractivity contribution is -0.137. The van der Waals surface area contributed by atoms with Crippen molar-refractivity contribution in [3.63, 3.8) is 0 Å². The second kappa shape index (κ2) is 5.98. The van der Waals surface area contributed by atoms with E-state index in [1.807, 2.05) is 0 Å². The van der Waals surface area contributed by atoms with Crippen LogP contribution in [0.15, 0.2) is 41.0 Å². The molecular formula is C17H16F3NO3. The molecule has 0 aliphatic carbocycles. The van der Waals surface area contributed by atoms with Crippen molar-refractivity contribution in [2.45, 2.75) is 31.7 Å².